The van der Waals surface area contributed by atoms with Crippen LogP contribution in [0.5, 0.6) is 5.75 Å². The minimum atomic E-state index is -1.31. The highest BCUT2D eigenvalue weighted by Gasteiger charge is 2.34. The Labute approximate surface area is 190 Å². The van der Waals surface area contributed by atoms with Crippen LogP contribution in [0.1, 0.15) is 42.6 Å². The van der Waals surface area contributed by atoms with E-state index in [1.54, 1.807) is 4.57 Å². The first-order valence-electron chi connectivity index (χ1n) is 9.98. The molecule has 2 fully saturated rings. The third kappa shape index (κ3) is 3.78. The van der Waals surface area contributed by atoms with Crippen molar-refractivity contribution < 1.29 is 19.0 Å². The first-order chi connectivity index (χ1) is 13.9. The molecule has 7 nitrogen and oxygen atoms in total. The standard InChI is InChI=1S/C21H26FN3O4.Mg/c1-11(23-2)12-6-7-24(9-12)18-16(22)8-14-17(20(18)29-3)25(13-4-5-13)10-15(19(14)26)21(27)28;/h8,10-13,23H,4-7,9H2,1-3H3,(H,27,28);/t11-,12+;/m0./s1. The third-order valence-electron chi connectivity index (χ3n) is 6.28. The van der Waals surface area contributed by atoms with Crippen molar-refractivity contribution in [2.24, 2.45) is 5.92 Å². The van der Waals surface area contributed by atoms with E-state index in [1.165, 1.54) is 19.4 Å². The molecule has 1 aromatic carbocycles. The Morgan fingerprint density at radius 1 is 1.37 bits per heavy atom. The van der Waals surface area contributed by atoms with Crippen LogP contribution in [-0.4, -0.2) is 72.0 Å². The second kappa shape index (κ2) is 8.72. The summed E-state index contributed by atoms with van der Waals surface area (Å²) in [5.74, 6) is -1.19. The summed E-state index contributed by atoms with van der Waals surface area (Å²) in [5, 5.41) is 12.7. The van der Waals surface area contributed by atoms with Crippen molar-refractivity contribution in [3.8, 4) is 5.75 Å². The molecule has 2 aliphatic rings. The highest BCUT2D eigenvalue weighted by atomic mass is 24.3. The lowest BCUT2D eigenvalue weighted by Gasteiger charge is -2.25. The largest absolute Gasteiger partial charge is 0.492 e. The van der Waals surface area contributed by atoms with Crippen LogP contribution in [0.4, 0.5) is 10.1 Å². The molecule has 9 heteroatoms. The monoisotopic (exact) mass is 427 g/mol. The number of aromatic carboxylic acids is 1. The molecule has 2 aromatic rings. The van der Waals surface area contributed by atoms with Crippen molar-refractivity contribution >= 4 is 45.6 Å². The number of nitrogens with one attached hydrogen (secondary N) is 1. The quantitative estimate of drug-likeness (QED) is 0.688. The Balaban J connectivity index is 0.00000256. The maximum absolute atomic E-state index is 15.3. The van der Waals surface area contributed by atoms with Gasteiger partial charge < -0.3 is 24.6 Å². The SMILES string of the molecule is CN[C@@H](C)[C@@H]1CCN(c2c(F)cc3c(=O)c(C(=O)O)cn(C4CC4)c3c2OC)C1.[Mg]. The number of methoxy groups -OCH3 is 1. The Hall–Kier alpha value is -1.84. The van der Waals surface area contributed by atoms with Gasteiger partial charge in [-0.3, -0.25) is 4.79 Å². The van der Waals surface area contributed by atoms with E-state index in [0.717, 1.165) is 19.3 Å². The number of halogens is 1. The van der Waals surface area contributed by atoms with Gasteiger partial charge in [0.2, 0.25) is 5.43 Å². The van der Waals surface area contributed by atoms with Crippen molar-refractivity contribution in [2.45, 2.75) is 38.3 Å². The lowest BCUT2D eigenvalue weighted by Crippen LogP contribution is -2.33. The highest BCUT2D eigenvalue weighted by Crippen LogP contribution is 2.44. The van der Waals surface area contributed by atoms with Gasteiger partial charge in [0.05, 0.1) is 18.0 Å². The fourth-order valence-electron chi connectivity index (χ4n) is 4.36. The molecule has 1 aromatic heterocycles. The van der Waals surface area contributed by atoms with Gasteiger partial charge in [0.1, 0.15) is 11.3 Å². The molecule has 1 saturated carbocycles. The minimum Gasteiger partial charge on any atom is -0.492 e. The van der Waals surface area contributed by atoms with Gasteiger partial charge in [0, 0.05) is 54.4 Å². The van der Waals surface area contributed by atoms with E-state index in [1.807, 2.05) is 11.9 Å². The lowest BCUT2D eigenvalue weighted by molar-refractivity contribution is 0.0695. The molecular weight excluding hydrogens is 402 g/mol. The number of carboxylic acids is 1. The zero-order valence-electron chi connectivity index (χ0n) is 17.6. The summed E-state index contributed by atoms with van der Waals surface area (Å²) in [7, 11) is 3.38. The molecule has 0 unspecified atom stereocenters. The van der Waals surface area contributed by atoms with Crippen molar-refractivity contribution in [1.29, 1.82) is 0 Å². The molecule has 2 atom stereocenters. The Morgan fingerprint density at radius 3 is 2.63 bits per heavy atom. The molecule has 158 valence electrons. The zero-order valence-corrected chi connectivity index (χ0v) is 19.0. The van der Waals surface area contributed by atoms with Crippen LogP contribution in [0.15, 0.2) is 17.1 Å². The highest BCUT2D eigenvalue weighted by molar-refractivity contribution is 5.97. The van der Waals surface area contributed by atoms with Crippen molar-refractivity contribution in [2.75, 3.05) is 32.1 Å². The molecule has 1 aliphatic carbocycles. The number of nitrogens with zero attached hydrogens (tertiary/aromatic N) is 2. The number of anilines is 1. The molecule has 1 saturated heterocycles. The van der Waals surface area contributed by atoms with Gasteiger partial charge >= 0.3 is 5.97 Å². The van der Waals surface area contributed by atoms with E-state index >= 15 is 4.39 Å². The molecule has 0 bridgehead atoms. The van der Waals surface area contributed by atoms with Gasteiger partial charge in [0.15, 0.2) is 11.6 Å². The zero-order chi connectivity index (χ0) is 20.9. The Kier molecular flexibility index (Phi) is 6.64. The van der Waals surface area contributed by atoms with Gasteiger partial charge in [0.25, 0.3) is 0 Å². The number of aromatic nitrogens is 1. The van der Waals surface area contributed by atoms with Gasteiger partial charge in [-0.15, -0.1) is 0 Å². The van der Waals surface area contributed by atoms with Crippen LogP contribution in [-0.2, 0) is 0 Å². The van der Waals surface area contributed by atoms with Gasteiger partial charge in [-0.05, 0) is 45.2 Å². The van der Waals surface area contributed by atoms with E-state index in [0.29, 0.717) is 42.0 Å². The number of carboxylic acid groups (broad SMARTS) is 1. The maximum atomic E-state index is 15.3. The van der Waals surface area contributed by atoms with E-state index in [4.69, 9.17) is 4.74 Å². The number of ether oxygens (including phenoxy) is 1. The van der Waals surface area contributed by atoms with Gasteiger partial charge in [-0.25, -0.2) is 9.18 Å². The summed E-state index contributed by atoms with van der Waals surface area (Å²) in [5.41, 5.74) is -0.201. The molecule has 2 heterocycles. The molecular formula is C21H26FMgN3O4. The van der Waals surface area contributed by atoms with Crippen LogP contribution < -0.4 is 20.4 Å². The summed E-state index contributed by atoms with van der Waals surface area (Å²) >= 11 is 0. The number of rotatable bonds is 6. The lowest BCUT2D eigenvalue weighted by atomic mass is 10.0. The molecule has 2 radical (unpaired) electrons. The number of hydrogen-bond acceptors (Lipinski definition) is 5. The summed E-state index contributed by atoms with van der Waals surface area (Å²) < 4.78 is 22.7. The Bertz CT molecular complexity index is 1040. The van der Waals surface area contributed by atoms with Crippen LogP contribution in [0.3, 0.4) is 0 Å². The van der Waals surface area contributed by atoms with E-state index in [-0.39, 0.29) is 40.0 Å². The predicted molar refractivity (Wildman–Crippen MR) is 115 cm³/mol. The molecule has 4 rings (SSSR count). The smallest absolute Gasteiger partial charge is 0.341 e. The first kappa shape index (κ1) is 22.8. The summed E-state index contributed by atoms with van der Waals surface area (Å²) in [4.78, 5) is 26.3. The van der Waals surface area contributed by atoms with Crippen molar-refractivity contribution in [3.63, 3.8) is 0 Å². The average molecular weight is 428 g/mol. The number of pyridine rings is 1. The number of benzene rings is 1. The van der Waals surface area contributed by atoms with Crippen molar-refractivity contribution in [1.82, 2.24) is 9.88 Å². The fourth-order valence-corrected chi connectivity index (χ4v) is 4.36. The van der Waals surface area contributed by atoms with Crippen LogP contribution in [0.2, 0.25) is 0 Å². The number of carbonyl (C=O) groups is 1. The average Bonchev–Trinajstić information content (AvgIpc) is 3.43. The van der Waals surface area contributed by atoms with Crippen molar-refractivity contribution in [3.05, 3.63) is 33.9 Å². The van der Waals surface area contributed by atoms with E-state index in [2.05, 4.69) is 12.2 Å². The second-order valence-electron chi connectivity index (χ2n) is 8.02. The summed E-state index contributed by atoms with van der Waals surface area (Å²) in [6.07, 6.45) is 4.08. The maximum Gasteiger partial charge on any atom is 0.341 e. The number of hydrogen-bond donors (Lipinski definition) is 2. The fraction of sp³-hybridized carbons (Fsp3) is 0.524. The van der Waals surface area contributed by atoms with E-state index < -0.39 is 17.2 Å². The summed E-state index contributed by atoms with van der Waals surface area (Å²) in [6.45, 7) is 3.48. The van der Waals surface area contributed by atoms with Crippen LogP contribution in [0, 0.1) is 11.7 Å². The third-order valence-corrected chi connectivity index (χ3v) is 6.28. The predicted octanol–water partition coefficient (Wildman–Crippen LogP) is 2.24. The molecule has 2 N–H and O–H groups in total. The van der Waals surface area contributed by atoms with Crippen LogP contribution >= 0.6 is 0 Å². The number of fused-ring (bicyclic) bond motifs is 1. The molecule has 1 aliphatic heterocycles. The topological polar surface area (TPSA) is 83.8 Å². The molecule has 30 heavy (non-hydrogen) atoms. The second-order valence-corrected chi connectivity index (χ2v) is 8.02. The van der Waals surface area contributed by atoms with Gasteiger partial charge in [-0.1, -0.05) is 0 Å². The normalized spacial score (nSPS) is 19.6. The summed E-state index contributed by atoms with van der Waals surface area (Å²) in [6, 6.07) is 1.58. The van der Waals surface area contributed by atoms with E-state index in [9.17, 15) is 14.7 Å². The molecule has 0 amide bonds. The molecule has 0 spiro atoms. The first-order valence-corrected chi connectivity index (χ1v) is 9.98. The van der Waals surface area contributed by atoms with Crippen LogP contribution in [0.25, 0.3) is 10.9 Å². The minimum absolute atomic E-state index is 0. The van der Waals surface area contributed by atoms with Gasteiger partial charge in [-0.2, -0.15) is 0 Å². The Morgan fingerprint density at radius 2 is 2.07 bits per heavy atom.